The third kappa shape index (κ3) is 2.66. The quantitative estimate of drug-likeness (QED) is 0.837. The first-order chi connectivity index (χ1) is 8.73. The summed E-state index contributed by atoms with van der Waals surface area (Å²) in [5.74, 6) is 0.401. The third-order valence-electron chi connectivity index (χ3n) is 3.61. The molecule has 1 fully saturated rings. The van der Waals surface area contributed by atoms with E-state index in [1.807, 2.05) is 6.92 Å². The lowest BCUT2D eigenvalue weighted by molar-refractivity contribution is 0.405. The van der Waals surface area contributed by atoms with Crippen molar-refractivity contribution in [3.8, 4) is 0 Å². The zero-order valence-corrected chi connectivity index (χ0v) is 13.8. The second-order valence-electron chi connectivity index (χ2n) is 5.40. The van der Waals surface area contributed by atoms with Crippen molar-refractivity contribution in [1.29, 1.82) is 0 Å². The number of nitrogen functional groups attached to an aromatic ring is 1. The highest BCUT2D eigenvalue weighted by Crippen LogP contribution is 2.33. The third-order valence-corrected chi connectivity index (χ3v) is 6.42. The average Bonchev–Trinajstić information content (AvgIpc) is 2.63. The lowest BCUT2D eigenvalue weighted by atomic mass is 10.1. The van der Waals surface area contributed by atoms with Crippen molar-refractivity contribution in [2.75, 3.05) is 12.3 Å². The van der Waals surface area contributed by atoms with Gasteiger partial charge in [-0.2, -0.15) is 4.31 Å². The van der Waals surface area contributed by atoms with Crippen molar-refractivity contribution in [2.45, 2.75) is 38.1 Å². The van der Waals surface area contributed by atoms with Crippen LogP contribution in [0.4, 0.5) is 5.69 Å². The number of aryl methyl sites for hydroxylation is 1. The highest BCUT2D eigenvalue weighted by molar-refractivity contribution is 9.10. The smallest absolute Gasteiger partial charge is 0.243 e. The molecule has 2 N–H and O–H groups in total. The van der Waals surface area contributed by atoms with E-state index < -0.39 is 10.0 Å². The molecule has 0 bridgehead atoms. The first-order valence-corrected chi connectivity index (χ1v) is 8.54. The molecule has 2 rings (SSSR count). The molecule has 1 heterocycles. The standard InChI is InChI=1S/C13H19BrN2O2S/c1-8-4-10(3)16(7-8)19(17,18)13-6-12(15)11(14)5-9(13)2/h5-6,8,10H,4,7,15H2,1-3H3. The summed E-state index contributed by atoms with van der Waals surface area (Å²) < 4.78 is 27.8. The van der Waals surface area contributed by atoms with Crippen molar-refractivity contribution < 1.29 is 8.42 Å². The van der Waals surface area contributed by atoms with Crippen LogP contribution < -0.4 is 5.73 Å². The van der Waals surface area contributed by atoms with Gasteiger partial charge in [-0.3, -0.25) is 0 Å². The van der Waals surface area contributed by atoms with Crippen LogP contribution in [-0.2, 0) is 10.0 Å². The summed E-state index contributed by atoms with van der Waals surface area (Å²) >= 11 is 3.32. The number of nitrogens with two attached hydrogens (primary N) is 1. The molecule has 0 aliphatic carbocycles. The molecule has 2 atom stereocenters. The molecule has 0 amide bonds. The molecule has 19 heavy (non-hydrogen) atoms. The Bertz CT molecular complexity index is 601. The summed E-state index contributed by atoms with van der Waals surface area (Å²) in [6.45, 7) is 6.41. The van der Waals surface area contributed by atoms with Crippen molar-refractivity contribution >= 4 is 31.6 Å². The molecular formula is C13H19BrN2O2S. The molecule has 4 nitrogen and oxygen atoms in total. The van der Waals surface area contributed by atoms with Gasteiger partial charge in [0, 0.05) is 22.7 Å². The molecule has 0 spiro atoms. The molecule has 1 aliphatic rings. The van der Waals surface area contributed by atoms with Crippen LogP contribution in [0.2, 0.25) is 0 Å². The van der Waals surface area contributed by atoms with Crippen LogP contribution in [-0.4, -0.2) is 25.3 Å². The SMILES string of the molecule is Cc1cc(Br)c(N)cc1S(=O)(=O)N1CC(C)CC1C. The van der Waals surface area contributed by atoms with E-state index in [0.717, 1.165) is 10.9 Å². The lowest BCUT2D eigenvalue weighted by Gasteiger charge is -2.22. The normalized spacial score (nSPS) is 24.8. The van der Waals surface area contributed by atoms with Gasteiger partial charge in [0.2, 0.25) is 10.0 Å². The fourth-order valence-electron chi connectivity index (χ4n) is 2.67. The second-order valence-corrected chi connectivity index (χ2v) is 8.12. The zero-order valence-electron chi connectivity index (χ0n) is 11.4. The van der Waals surface area contributed by atoms with E-state index in [2.05, 4.69) is 22.9 Å². The van der Waals surface area contributed by atoms with Crippen LogP contribution in [0.1, 0.15) is 25.8 Å². The molecule has 6 heteroatoms. The number of anilines is 1. The number of hydrogen-bond donors (Lipinski definition) is 1. The van der Waals surface area contributed by atoms with E-state index in [0.29, 0.717) is 28.6 Å². The second kappa shape index (κ2) is 5.07. The van der Waals surface area contributed by atoms with Crippen LogP contribution in [0.15, 0.2) is 21.5 Å². The van der Waals surface area contributed by atoms with Gasteiger partial charge in [-0.25, -0.2) is 8.42 Å². The largest absolute Gasteiger partial charge is 0.398 e. The van der Waals surface area contributed by atoms with E-state index in [-0.39, 0.29) is 6.04 Å². The molecule has 1 aromatic carbocycles. The summed E-state index contributed by atoms with van der Waals surface area (Å²) in [5, 5.41) is 0. The average molecular weight is 347 g/mol. The maximum atomic E-state index is 12.7. The van der Waals surface area contributed by atoms with E-state index in [9.17, 15) is 8.42 Å². The van der Waals surface area contributed by atoms with Gasteiger partial charge in [0.1, 0.15) is 0 Å². The van der Waals surface area contributed by atoms with Crippen molar-refractivity contribution in [3.05, 3.63) is 22.2 Å². The molecule has 0 aromatic heterocycles. The summed E-state index contributed by atoms with van der Waals surface area (Å²) in [5.41, 5.74) is 6.98. The Morgan fingerprint density at radius 1 is 1.37 bits per heavy atom. The van der Waals surface area contributed by atoms with Gasteiger partial charge in [0.05, 0.1) is 4.90 Å². The van der Waals surface area contributed by atoms with Gasteiger partial charge in [-0.05, 0) is 59.8 Å². The molecule has 106 valence electrons. The number of benzene rings is 1. The maximum absolute atomic E-state index is 12.7. The summed E-state index contributed by atoms with van der Waals surface area (Å²) in [6, 6.07) is 3.35. The predicted molar refractivity (Wildman–Crippen MR) is 80.4 cm³/mol. The Kier molecular flexibility index (Phi) is 3.95. The van der Waals surface area contributed by atoms with Gasteiger partial charge in [-0.1, -0.05) is 6.92 Å². The first-order valence-electron chi connectivity index (χ1n) is 6.31. The highest BCUT2D eigenvalue weighted by atomic mass is 79.9. The van der Waals surface area contributed by atoms with Gasteiger partial charge in [-0.15, -0.1) is 0 Å². The van der Waals surface area contributed by atoms with Crippen LogP contribution in [0, 0.1) is 12.8 Å². The molecule has 1 saturated heterocycles. The van der Waals surface area contributed by atoms with Gasteiger partial charge >= 0.3 is 0 Å². The van der Waals surface area contributed by atoms with Gasteiger partial charge in [0.25, 0.3) is 0 Å². The Balaban J connectivity index is 2.49. The van der Waals surface area contributed by atoms with Gasteiger partial charge < -0.3 is 5.73 Å². The first kappa shape index (κ1) is 14.8. The lowest BCUT2D eigenvalue weighted by Crippen LogP contribution is -2.34. The maximum Gasteiger partial charge on any atom is 0.243 e. The Hall–Kier alpha value is -0.590. The fraction of sp³-hybridized carbons (Fsp3) is 0.538. The summed E-state index contributed by atoms with van der Waals surface area (Å²) in [7, 11) is -3.46. The number of sulfonamides is 1. The number of halogens is 1. The predicted octanol–water partition coefficient (Wildman–Crippen LogP) is 2.76. The molecule has 1 aromatic rings. The van der Waals surface area contributed by atoms with Gasteiger partial charge in [0.15, 0.2) is 0 Å². The van der Waals surface area contributed by atoms with E-state index >= 15 is 0 Å². The Labute approximate surface area is 123 Å². The van der Waals surface area contributed by atoms with Crippen molar-refractivity contribution in [3.63, 3.8) is 0 Å². The topological polar surface area (TPSA) is 63.4 Å². The van der Waals surface area contributed by atoms with Crippen molar-refractivity contribution in [1.82, 2.24) is 4.31 Å². The summed E-state index contributed by atoms with van der Waals surface area (Å²) in [6.07, 6.45) is 0.907. The van der Waals surface area contributed by atoms with Crippen LogP contribution in [0.3, 0.4) is 0 Å². The molecule has 1 aliphatic heterocycles. The number of nitrogens with zero attached hydrogens (tertiary/aromatic N) is 1. The molecule has 2 unspecified atom stereocenters. The molecule has 0 saturated carbocycles. The minimum atomic E-state index is -3.46. The summed E-state index contributed by atoms with van der Waals surface area (Å²) in [4.78, 5) is 0.314. The zero-order chi connectivity index (χ0) is 14.4. The molecular weight excluding hydrogens is 328 g/mol. The minimum absolute atomic E-state index is 0.0456. The molecule has 0 radical (unpaired) electrons. The van der Waals surface area contributed by atoms with E-state index in [1.54, 1.807) is 23.4 Å². The minimum Gasteiger partial charge on any atom is -0.398 e. The van der Waals surface area contributed by atoms with Crippen LogP contribution >= 0.6 is 15.9 Å². The number of rotatable bonds is 2. The Morgan fingerprint density at radius 3 is 2.53 bits per heavy atom. The van der Waals surface area contributed by atoms with E-state index in [1.165, 1.54) is 0 Å². The van der Waals surface area contributed by atoms with Crippen LogP contribution in [0.25, 0.3) is 0 Å². The van der Waals surface area contributed by atoms with E-state index in [4.69, 9.17) is 5.73 Å². The fourth-order valence-corrected chi connectivity index (χ4v) is 5.13. The monoisotopic (exact) mass is 346 g/mol. The highest BCUT2D eigenvalue weighted by Gasteiger charge is 2.36. The Morgan fingerprint density at radius 2 is 2.00 bits per heavy atom. The van der Waals surface area contributed by atoms with Crippen LogP contribution in [0.5, 0.6) is 0 Å². The van der Waals surface area contributed by atoms with Crippen molar-refractivity contribution in [2.24, 2.45) is 5.92 Å². The number of hydrogen-bond acceptors (Lipinski definition) is 3.